The molecular formula is C16H26O3. The smallest absolute Gasteiger partial charge is 0.122 e. The van der Waals surface area contributed by atoms with E-state index in [1.54, 1.807) is 14.2 Å². The maximum Gasteiger partial charge on any atom is 0.122 e. The van der Waals surface area contributed by atoms with E-state index in [4.69, 9.17) is 9.47 Å². The van der Waals surface area contributed by atoms with Crippen molar-refractivity contribution >= 4 is 0 Å². The van der Waals surface area contributed by atoms with E-state index in [0.717, 1.165) is 24.2 Å². The van der Waals surface area contributed by atoms with Crippen molar-refractivity contribution in [3.63, 3.8) is 0 Å². The predicted octanol–water partition coefficient (Wildman–Crippen LogP) is 3.11. The second-order valence-electron chi connectivity index (χ2n) is 5.01. The van der Waals surface area contributed by atoms with Crippen LogP contribution in [0.15, 0.2) is 18.2 Å². The monoisotopic (exact) mass is 266 g/mol. The normalized spacial score (nSPS) is 13.4. The van der Waals surface area contributed by atoms with Crippen molar-refractivity contribution < 1.29 is 14.6 Å². The highest BCUT2D eigenvalue weighted by molar-refractivity contribution is 5.37. The van der Waals surface area contributed by atoms with E-state index in [2.05, 4.69) is 6.07 Å². The first-order valence-corrected chi connectivity index (χ1v) is 6.89. The van der Waals surface area contributed by atoms with Gasteiger partial charge < -0.3 is 14.6 Å². The van der Waals surface area contributed by atoms with Gasteiger partial charge in [0.05, 0.1) is 18.8 Å². The number of methoxy groups -OCH3 is 2. The summed E-state index contributed by atoms with van der Waals surface area (Å²) in [6.45, 7) is 6.13. The van der Waals surface area contributed by atoms with Crippen LogP contribution in [0.2, 0.25) is 0 Å². The molecule has 1 N–H and O–H groups in total. The van der Waals surface area contributed by atoms with Crippen LogP contribution >= 0.6 is 0 Å². The molecule has 0 aromatic heterocycles. The lowest BCUT2D eigenvalue weighted by molar-refractivity contribution is -0.106. The van der Waals surface area contributed by atoms with Gasteiger partial charge in [0, 0.05) is 13.5 Å². The molecule has 0 aliphatic heterocycles. The lowest BCUT2D eigenvalue weighted by atomic mass is 9.86. The van der Waals surface area contributed by atoms with Crippen molar-refractivity contribution in [3.05, 3.63) is 29.3 Å². The van der Waals surface area contributed by atoms with Crippen LogP contribution < -0.4 is 4.74 Å². The van der Waals surface area contributed by atoms with Gasteiger partial charge in [-0.2, -0.15) is 0 Å². The molecule has 0 aliphatic carbocycles. The third-order valence-corrected chi connectivity index (χ3v) is 4.06. The van der Waals surface area contributed by atoms with Crippen molar-refractivity contribution in [2.75, 3.05) is 14.2 Å². The molecule has 3 heteroatoms. The van der Waals surface area contributed by atoms with Crippen molar-refractivity contribution in [1.29, 1.82) is 0 Å². The van der Waals surface area contributed by atoms with Gasteiger partial charge in [-0.05, 0) is 31.4 Å². The Kier molecular flexibility index (Phi) is 5.83. The molecule has 1 rings (SSSR count). The molecule has 19 heavy (non-hydrogen) atoms. The summed E-state index contributed by atoms with van der Waals surface area (Å²) in [6.07, 6.45) is 1.58. The minimum atomic E-state index is -0.539. The summed E-state index contributed by atoms with van der Waals surface area (Å²) in [6, 6.07) is 6.02. The average molecular weight is 266 g/mol. The van der Waals surface area contributed by atoms with E-state index < -0.39 is 11.7 Å². The molecule has 3 nitrogen and oxygen atoms in total. The molecule has 0 fully saturated rings. The number of hydrogen-bond donors (Lipinski definition) is 1. The molecule has 0 spiro atoms. The van der Waals surface area contributed by atoms with Gasteiger partial charge in [0.1, 0.15) is 5.75 Å². The Labute approximate surface area is 116 Å². The molecular weight excluding hydrogens is 240 g/mol. The highest BCUT2D eigenvalue weighted by Crippen LogP contribution is 2.29. The van der Waals surface area contributed by atoms with E-state index in [-0.39, 0.29) is 0 Å². The number of benzene rings is 1. The Morgan fingerprint density at radius 1 is 1.21 bits per heavy atom. The van der Waals surface area contributed by atoms with Gasteiger partial charge >= 0.3 is 0 Å². The van der Waals surface area contributed by atoms with Crippen LogP contribution in [-0.4, -0.2) is 31.0 Å². The molecule has 0 heterocycles. The first-order chi connectivity index (χ1) is 9.02. The molecule has 108 valence electrons. The fourth-order valence-corrected chi connectivity index (χ4v) is 2.61. The Hall–Kier alpha value is -1.06. The van der Waals surface area contributed by atoms with Crippen LogP contribution in [0, 0.1) is 6.92 Å². The molecule has 0 bridgehead atoms. The SMILES string of the molecule is CCC(CC)(OC)C(O)Cc1cc(C)ccc1OC. The molecule has 0 saturated carbocycles. The van der Waals surface area contributed by atoms with E-state index in [1.807, 2.05) is 32.9 Å². The van der Waals surface area contributed by atoms with E-state index >= 15 is 0 Å². The number of hydrogen-bond acceptors (Lipinski definition) is 3. The summed E-state index contributed by atoms with van der Waals surface area (Å²) in [5, 5.41) is 10.5. The number of ether oxygens (including phenoxy) is 2. The van der Waals surface area contributed by atoms with Crippen LogP contribution in [0.3, 0.4) is 0 Å². The topological polar surface area (TPSA) is 38.7 Å². The number of aliphatic hydroxyl groups excluding tert-OH is 1. The third kappa shape index (κ3) is 3.48. The van der Waals surface area contributed by atoms with Gasteiger partial charge in [-0.1, -0.05) is 31.5 Å². The van der Waals surface area contributed by atoms with Crippen molar-refractivity contribution in [1.82, 2.24) is 0 Å². The standard InChI is InChI=1S/C16H26O3/c1-6-16(7-2,19-5)15(17)11-13-10-12(3)8-9-14(13)18-4/h8-10,15,17H,6-7,11H2,1-5H3. The highest BCUT2D eigenvalue weighted by Gasteiger charge is 2.34. The molecule has 0 amide bonds. The molecule has 0 aliphatic rings. The van der Waals surface area contributed by atoms with Crippen molar-refractivity contribution in [2.45, 2.75) is 51.7 Å². The summed E-state index contributed by atoms with van der Waals surface area (Å²) >= 11 is 0. The van der Waals surface area contributed by atoms with Gasteiger partial charge in [-0.3, -0.25) is 0 Å². The van der Waals surface area contributed by atoms with Gasteiger partial charge in [0.15, 0.2) is 0 Å². The molecule has 1 aromatic carbocycles. The summed E-state index contributed by atoms with van der Waals surface area (Å²) in [4.78, 5) is 0. The minimum absolute atomic E-state index is 0.477. The second kappa shape index (κ2) is 6.92. The largest absolute Gasteiger partial charge is 0.496 e. The maximum atomic E-state index is 10.5. The molecule has 1 atom stereocenters. The zero-order valence-corrected chi connectivity index (χ0v) is 12.7. The van der Waals surface area contributed by atoms with Gasteiger partial charge in [0.2, 0.25) is 0 Å². The zero-order valence-electron chi connectivity index (χ0n) is 12.7. The summed E-state index contributed by atoms with van der Waals surface area (Å²) in [7, 11) is 3.33. The molecule has 0 radical (unpaired) electrons. The fourth-order valence-electron chi connectivity index (χ4n) is 2.61. The first-order valence-electron chi connectivity index (χ1n) is 6.89. The van der Waals surface area contributed by atoms with Crippen molar-refractivity contribution in [3.8, 4) is 5.75 Å². The van der Waals surface area contributed by atoms with Crippen LogP contribution in [0.5, 0.6) is 5.75 Å². The minimum Gasteiger partial charge on any atom is -0.496 e. The summed E-state index contributed by atoms with van der Waals surface area (Å²) in [5.41, 5.74) is 1.71. The van der Waals surface area contributed by atoms with Crippen molar-refractivity contribution in [2.24, 2.45) is 0 Å². The van der Waals surface area contributed by atoms with E-state index in [0.29, 0.717) is 6.42 Å². The maximum absolute atomic E-state index is 10.5. The summed E-state index contributed by atoms with van der Waals surface area (Å²) < 4.78 is 10.9. The number of rotatable bonds is 7. The molecule has 1 aromatic rings. The molecule has 0 saturated heterocycles. The van der Waals surface area contributed by atoms with E-state index in [1.165, 1.54) is 5.56 Å². The molecule has 1 unspecified atom stereocenters. The number of aryl methyl sites for hydroxylation is 1. The van der Waals surface area contributed by atoms with Crippen LogP contribution in [0.25, 0.3) is 0 Å². The number of aliphatic hydroxyl groups is 1. The Morgan fingerprint density at radius 3 is 2.32 bits per heavy atom. The average Bonchev–Trinajstić information content (AvgIpc) is 2.41. The van der Waals surface area contributed by atoms with Crippen LogP contribution in [0.1, 0.15) is 37.8 Å². The zero-order chi connectivity index (χ0) is 14.5. The fraction of sp³-hybridized carbons (Fsp3) is 0.625. The lowest BCUT2D eigenvalue weighted by Gasteiger charge is -2.35. The predicted molar refractivity (Wildman–Crippen MR) is 77.8 cm³/mol. The highest BCUT2D eigenvalue weighted by atomic mass is 16.5. The first kappa shape index (κ1) is 16.0. The summed E-state index contributed by atoms with van der Waals surface area (Å²) in [5.74, 6) is 0.821. The Balaban J connectivity index is 2.98. The Morgan fingerprint density at radius 2 is 1.84 bits per heavy atom. The quantitative estimate of drug-likeness (QED) is 0.824. The van der Waals surface area contributed by atoms with Crippen LogP contribution in [0.4, 0.5) is 0 Å². The van der Waals surface area contributed by atoms with Crippen LogP contribution in [-0.2, 0) is 11.2 Å². The third-order valence-electron chi connectivity index (χ3n) is 4.06. The van der Waals surface area contributed by atoms with Gasteiger partial charge in [-0.15, -0.1) is 0 Å². The Bertz CT molecular complexity index is 389. The van der Waals surface area contributed by atoms with Gasteiger partial charge in [-0.25, -0.2) is 0 Å². The van der Waals surface area contributed by atoms with Gasteiger partial charge in [0.25, 0.3) is 0 Å². The van der Waals surface area contributed by atoms with E-state index in [9.17, 15) is 5.11 Å². The lowest BCUT2D eigenvalue weighted by Crippen LogP contribution is -2.44. The second-order valence-corrected chi connectivity index (χ2v) is 5.01.